The van der Waals surface area contributed by atoms with Gasteiger partial charge in [0.1, 0.15) is 17.4 Å². The molecular weight excluding hydrogens is 400 g/mol. The summed E-state index contributed by atoms with van der Waals surface area (Å²) in [5.74, 6) is -1.42. The molecule has 4 rings (SSSR count). The molecule has 0 spiro atoms. The van der Waals surface area contributed by atoms with Crippen molar-refractivity contribution in [2.45, 2.75) is 26.2 Å². The molecule has 0 aliphatic carbocycles. The molecule has 0 bridgehead atoms. The molecule has 0 radical (unpaired) electrons. The minimum Gasteiger partial charge on any atom is -0.482 e. The number of anilines is 2. The number of aryl methyl sites for hydroxylation is 1. The summed E-state index contributed by atoms with van der Waals surface area (Å²) in [5.41, 5.74) is 4.52. The lowest BCUT2D eigenvalue weighted by Crippen LogP contribution is -2.25. The topological polar surface area (TPSA) is 49.8 Å². The van der Waals surface area contributed by atoms with Gasteiger partial charge in [0.05, 0.1) is 0 Å². The molecule has 0 aromatic heterocycles. The molecule has 0 atom stereocenters. The van der Waals surface area contributed by atoms with Crippen LogP contribution in [0.3, 0.4) is 0 Å². The third-order valence-electron chi connectivity index (χ3n) is 5.63. The summed E-state index contributed by atoms with van der Waals surface area (Å²) in [6.07, 6.45) is 0. The second-order valence-electron chi connectivity index (χ2n) is 8.46. The monoisotopic (exact) mass is 423 g/mol. The summed E-state index contributed by atoms with van der Waals surface area (Å²) in [5, 5.41) is 8.82. The molecule has 31 heavy (non-hydrogen) atoms. The molecule has 3 aromatic rings. The van der Waals surface area contributed by atoms with Gasteiger partial charge in [-0.3, -0.25) is 0 Å². The SMILES string of the molecule is Cc1cc(N2CC(C)(C)c3cc(-c4cc(F)ccc4F)ccc32)ccc1OCC(=O)O. The van der Waals surface area contributed by atoms with Crippen LogP contribution < -0.4 is 9.64 Å². The number of hydrogen-bond acceptors (Lipinski definition) is 3. The quantitative estimate of drug-likeness (QED) is 0.561. The molecule has 0 saturated heterocycles. The summed E-state index contributed by atoms with van der Waals surface area (Å²) < 4.78 is 33.3. The van der Waals surface area contributed by atoms with Gasteiger partial charge >= 0.3 is 5.97 Å². The Morgan fingerprint density at radius 1 is 1.10 bits per heavy atom. The maximum absolute atomic E-state index is 14.3. The molecule has 1 aliphatic rings. The van der Waals surface area contributed by atoms with Crippen LogP contribution in [0.1, 0.15) is 25.0 Å². The van der Waals surface area contributed by atoms with E-state index in [9.17, 15) is 13.6 Å². The van der Waals surface area contributed by atoms with Crippen molar-refractivity contribution in [3.05, 3.63) is 77.4 Å². The van der Waals surface area contributed by atoms with Crippen LogP contribution in [-0.4, -0.2) is 24.2 Å². The average Bonchev–Trinajstić information content (AvgIpc) is 2.99. The molecular formula is C25H23F2NO3. The maximum Gasteiger partial charge on any atom is 0.341 e. The molecule has 0 saturated carbocycles. The number of fused-ring (bicyclic) bond motifs is 1. The number of ether oxygens (including phenoxy) is 1. The fraction of sp³-hybridized carbons (Fsp3) is 0.240. The molecule has 6 heteroatoms. The van der Waals surface area contributed by atoms with Crippen molar-refractivity contribution in [1.29, 1.82) is 0 Å². The molecule has 4 nitrogen and oxygen atoms in total. The Hall–Kier alpha value is -3.41. The van der Waals surface area contributed by atoms with E-state index in [1.54, 1.807) is 6.07 Å². The highest BCUT2D eigenvalue weighted by Gasteiger charge is 2.36. The van der Waals surface area contributed by atoms with Crippen molar-refractivity contribution in [3.63, 3.8) is 0 Å². The highest BCUT2D eigenvalue weighted by Crippen LogP contribution is 2.46. The lowest BCUT2D eigenvalue weighted by atomic mass is 9.85. The van der Waals surface area contributed by atoms with Gasteiger partial charge in [0, 0.05) is 28.9 Å². The predicted molar refractivity (Wildman–Crippen MR) is 116 cm³/mol. The van der Waals surface area contributed by atoms with Crippen LogP contribution in [0.4, 0.5) is 20.2 Å². The normalized spacial score (nSPS) is 14.4. The fourth-order valence-electron chi connectivity index (χ4n) is 4.10. The Morgan fingerprint density at radius 3 is 2.58 bits per heavy atom. The third-order valence-corrected chi connectivity index (χ3v) is 5.63. The third kappa shape index (κ3) is 3.98. The number of benzene rings is 3. The number of nitrogens with zero attached hydrogens (tertiary/aromatic N) is 1. The van der Waals surface area contributed by atoms with Gasteiger partial charge in [0.25, 0.3) is 0 Å². The number of halogens is 2. The van der Waals surface area contributed by atoms with Gasteiger partial charge in [-0.1, -0.05) is 19.9 Å². The molecule has 3 aromatic carbocycles. The molecule has 1 aliphatic heterocycles. The highest BCUT2D eigenvalue weighted by atomic mass is 19.1. The van der Waals surface area contributed by atoms with Crippen LogP contribution >= 0.6 is 0 Å². The second-order valence-corrected chi connectivity index (χ2v) is 8.46. The van der Waals surface area contributed by atoms with E-state index in [-0.39, 0.29) is 17.6 Å². The van der Waals surface area contributed by atoms with Crippen LogP contribution in [-0.2, 0) is 10.2 Å². The van der Waals surface area contributed by atoms with Crippen LogP contribution in [0.15, 0.2) is 54.6 Å². The van der Waals surface area contributed by atoms with Gasteiger partial charge in [0.15, 0.2) is 6.61 Å². The summed E-state index contributed by atoms with van der Waals surface area (Å²) in [7, 11) is 0. The van der Waals surface area contributed by atoms with E-state index < -0.39 is 17.6 Å². The maximum atomic E-state index is 14.3. The van der Waals surface area contributed by atoms with Crippen molar-refractivity contribution >= 4 is 17.3 Å². The number of carboxylic acids is 1. The summed E-state index contributed by atoms with van der Waals surface area (Å²) in [6, 6.07) is 14.8. The Morgan fingerprint density at radius 2 is 1.87 bits per heavy atom. The Balaban J connectivity index is 1.71. The lowest BCUT2D eigenvalue weighted by molar-refractivity contribution is -0.139. The van der Waals surface area contributed by atoms with Crippen molar-refractivity contribution in [3.8, 4) is 16.9 Å². The van der Waals surface area contributed by atoms with Crippen LogP contribution in [0.2, 0.25) is 0 Å². The van der Waals surface area contributed by atoms with Crippen LogP contribution in [0.25, 0.3) is 11.1 Å². The van der Waals surface area contributed by atoms with E-state index in [2.05, 4.69) is 18.7 Å². The van der Waals surface area contributed by atoms with Crippen molar-refractivity contribution in [2.24, 2.45) is 0 Å². The molecule has 160 valence electrons. The zero-order valence-corrected chi connectivity index (χ0v) is 17.6. The summed E-state index contributed by atoms with van der Waals surface area (Å²) in [6.45, 7) is 6.44. The standard InChI is InChI=1S/C25H23F2NO3/c1-15-10-18(6-9-23(15)31-13-24(29)30)28-14-25(2,3)20-11-16(4-8-22(20)28)19-12-17(26)5-7-21(19)27/h4-12H,13-14H2,1-3H3,(H,29,30). The minimum atomic E-state index is -1.02. The van der Waals surface area contributed by atoms with E-state index in [1.807, 2.05) is 37.3 Å². The molecule has 1 N–H and O–H groups in total. The second kappa shape index (κ2) is 7.69. The van der Waals surface area contributed by atoms with E-state index in [0.29, 0.717) is 17.9 Å². The first kappa shape index (κ1) is 20.8. The Kier molecular flexibility index (Phi) is 5.17. The van der Waals surface area contributed by atoms with Gasteiger partial charge < -0.3 is 14.7 Å². The average molecular weight is 423 g/mol. The van der Waals surface area contributed by atoms with Gasteiger partial charge in [-0.25, -0.2) is 13.6 Å². The molecule has 1 heterocycles. The number of hydrogen-bond donors (Lipinski definition) is 1. The first-order valence-corrected chi connectivity index (χ1v) is 9.98. The van der Waals surface area contributed by atoms with Gasteiger partial charge in [0.2, 0.25) is 0 Å². The lowest BCUT2D eigenvalue weighted by Gasteiger charge is -2.23. The van der Waals surface area contributed by atoms with E-state index in [1.165, 1.54) is 6.07 Å². The largest absolute Gasteiger partial charge is 0.482 e. The first-order chi connectivity index (χ1) is 14.7. The molecule has 0 fully saturated rings. The molecule has 0 amide bonds. The highest BCUT2D eigenvalue weighted by molar-refractivity contribution is 5.78. The number of aliphatic carboxylic acids is 1. The van der Waals surface area contributed by atoms with E-state index in [0.717, 1.165) is 34.6 Å². The smallest absolute Gasteiger partial charge is 0.341 e. The first-order valence-electron chi connectivity index (χ1n) is 9.98. The Bertz CT molecular complexity index is 1170. The van der Waals surface area contributed by atoms with E-state index in [4.69, 9.17) is 9.84 Å². The zero-order valence-electron chi connectivity index (χ0n) is 17.6. The van der Waals surface area contributed by atoms with Gasteiger partial charge in [-0.05, 0) is 72.1 Å². The van der Waals surface area contributed by atoms with Crippen molar-refractivity contribution in [2.75, 3.05) is 18.1 Å². The number of rotatable bonds is 5. The Labute approximate surface area is 179 Å². The van der Waals surface area contributed by atoms with Crippen molar-refractivity contribution < 1.29 is 23.4 Å². The predicted octanol–water partition coefficient (Wildman–Crippen LogP) is 5.83. The van der Waals surface area contributed by atoms with Crippen LogP contribution in [0.5, 0.6) is 5.75 Å². The van der Waals surface area contributed by atoms with E-state index >= 15 is 0 Å². The zero-order chi connectivity index (χ0) is 22.3. The fourth-order valence-corrected chi connectivity index (χ4v) is 4.10. The summed E-state index contributed by atoms with van der Waals surface area (Å²) >= 11 is 0. The van der Waals surface area contributed by atoms with Crippen LogP contribution in [0, 0.1) is 18.6 Å². The number of carboxylic acid groups (broad SMARTS) is 1. The molecule has 0 unspecified atom stereocenters. The van der Waals surface area contributed by atoms with Crippen molar-refractivity contribution in [1.82, 2.24) is 0 Å². The van der Waals surface area contributed by atoms with Gasteiger partial charge in [-0.15, -0.1) is 0 Å². The summed E-state index contributed by atoms with van der Waals surface area (Å²) in [4.78, 5) is 12.9. The van der Waals surface area contributed by atoms with Gasteiger partial charge in [-0.2, -0.15) is 0 Å². The number of carbonyl (C=O) groups is 1. The minimum absolute atomic E-state index is 0.207.